The van der Waals surface area contributed by atoms with Crippen molar-refractivity contribution in [3.63, 3.8) is 0 Å². The fourth-order valence-electron chi connectivity index (χ4n) is 1.04. The van der Waals surface area contributed by atoms with Crippen LogP contribution in [0.1, 0.15) is 12.7 Å². The van der Waals surface area contributed by atoms with Gasteiger partial charge in [0, 0.05) is 33.1 Å². The molecule has 1 N–H and O–H groups in total. The van der Waals surface area contributed by atoms with Crippen LogP contribution in [0.15, 0.2) is 12.4 Å². The van der Waals surface area contributed by atoms with Crippen molar-refractivity contribution < 1.29 is 4.74 Å². The molecular formula is C9H17N3O. The SMILES string of the molecule is COC(C)CNCc1nccn1C. The van der Waals surface area contributed by atoms with Gasteiger partial charge in [-0.3, -0.25) is 0 Å². The van der Waals surface area contributed by atoms with Crippen LogP contribution in [-0.2, 0) is 18.3 Å². The van der Waals surface area contributed by atoms with E-state index in [1.807, 2.05) is 24.7 Å². The Labute approximate surface area is 78.9 Å². The minimum absolute atomic E-state index is 0.250. The summed E-state index contributed by atoms with van der Waals surface area (Å²) in [4.78, 5) is 4.20. The van der Waals surface area contributed by atoms with E-state index in [2.05, 4.69) is 10.3 Å². The van der Waals surface area contributed by atoms with Gasteiger partial charge in [0.15, 0.2) is 0 Å². The molecule has 4 nitrogen and oxygen atoms in total. The number of nitrogens with zero attached hydrogens (tertiary/aromatic N) is 2. The monoisotopic (exact) mass is 183 g/mol. The Morgan fingerprint density at radius 2 is 2.46 bits per heavy atom. The first-order valence-corrected chi connectivity index (χ1v) is 4.43. The summed E-state index contributed by atoms with van der Waals surface area (Å²) < 4.78 is 7.11. The van der Waals surface area contributed by atoms with Crippen LogP contribution in [0, 0.1) is 0 Å². The molecule has 1 aromatic heterocycles. The molecule has 4 heteroatoms. The van der Waals surface area contributed by atoms with Crippen LogP contribution >= 0.6 is 0 Å². The lowest BCUT2D eigenvalue weighted by atomic mass is 10.4. The van der Waals surface area contributed by atoms with Crippen molar-refractivity contribution in [2.75, 3.05) is 13.7 Å². The second-order valence-corrected chi connectivity index (χ2v) is 3.13. The summed E-state index contributed by atoms with van der Waals surface area (Å²) in [6, 6.07) is 0. The van der Waals surface area contributed by atoms with E-state index in [9.17, 15) is 0 Å². The molecule has 74 valence electrons. The average molecular weight is 183 g/mol. The van der Waals surface area contributed by atoms with E-state index in [4.69, 9.17) is 4.74 Å². The van der Waals surface area contributed by atoms with Crippen LogP contribution in [0.3, 0.4) is 0 Å². The summed E-state index contributed by atoms with van der Waals surface area (Å²) in [5.74, 6) is 1.04. The molecule has 0 saturated carbocycles. The van der Waals surface area contributed by atoms with Gasteiger partial charge in [-0.2, -0.15) is 0 Å². The maximum atomic E-state index is 5.11. The van der Waals surface area contributed by atoms with Gasteiger partial charge >= 0.3 is 0 Å². The van der Waals surface area contributed by atoms with Crippen molar-refractivity contribution in [1.29, 1.82) is 0 Å². The molecule has 0 amide bonds. The van der Waals surface area contributed by atoms with Crippen molar-refractivity contribution in [2.45, 2.75) is 19.6 Å². The van der Waals surface area contributed by atoms with Crippen molar-refractivity contribution in [3.8, 4) is 0 Å². The third-order valence-electron chi connectivity index (χ3n) is 2.04. The van der Waals surface area contributed by atoms with Gasteiger partial charge in [-0.05, 0) is 6.92 Å². The van der Waals surface area contributed by atoms with E-state index in [0.29, 0.717) is 0 Å². The molecule has 0 fully saturated rings. The van der Waals surface area contributed by atoms with Gasteiger partial charge in [-0.15, -0.1) is 0 Å². The summed E-state index contributed by atoms with van der Waals surface area (Å²) in [6.07, 6.45) is 3.99. The maximum absolute atomic E-state index is 5.11. The molecule has 0 aliphatic carbocycles. The van der Waals surface area contributed by atoms with E-state index < -0.39 is 0 Å². The highest BCUT2D eigenvalue weighted by Crippen LogP contribution is 1.93. The number of hydrogen-bond donors (Lipinski definition) is 1. The smallest absolute Gasteiger partial charge is 0.122 e. The molecule has 0 aromatic carbocycles. The van der Waals surface area contributed by atoms with Gasteiger partial charge in [-0.1, -0.05) is 0 Å². The van der Waals surface area contributed by atoms with Crippen LogP contribution < -0.4 is 5.32 Å². The Bertz CT molecular complexity index is 247. The van der Waals surface area contributed by atoms with Crippen LogP contribution in [0.4, 0.5) is 0 Å². The first-order chi connectivity index (χ1) is 6.24. The van der Waals surface area contributed by atoms with E-state index >= 15 is 0 Å². The number of aryl methyl sites for hydroxylation is 1. The fourth-order valence-corrected chi connectivity index (χ4v) is 1.04. The van der Waals surface area contributed by atoms with Crippen LogP contribution in [0.5, 0.6) is 0 Å². The normalized spacial score (nSPS) is 13.2. The highest BCUT2D eigenvalue weighted by Gasteiger charge is 2.00. The fraction of sp³-hybridized carbons (Fsp3) is 0.667. The van der Waals surface area contributed by atoms with Gasteiger partial charge in [0.05, 0.1) is 12.6 Å². The summed E-state index contributed by atoms with van der Waals surface area (Å²) in [5, 5.41) is 3.27. The predicted octanol–water partition coefficient (Wildman–Crippen LogP) is 0.545. The number of nitrogens with one attached hydrogen (secondary N) is 1. The van der Waals surface area contributed by atoms with Crippen molar-refractivity contribution in [3.05, 3.63) is 18.2 Å². The Morgan fingerprint density at radius 1 is 1.69 bits per heavy atom. The van der Waals surface area contributed by atoms with Crippen molar-refractivity contribution in [1.82, 2.24) is 14.9 Å². The lowest BCUT2D eigenvalue weighted by Crippen LogP contribution is -2.26. The molecule has 0 spiro atoms. The van der Waals surface area contributed by atoms with Gasteiger partial charge in [0.2, 0.25) is 0 Å². The third-order valence-corrected chi connectivity index (χ3v) is 2.04. The first-order valence-electron chi connectivity index (χ1n) is 4.43. The second kappa shape index (κ2) is 4.99. The zero-order valence-electron chi connectivity index (χ0n) is 8.45. The Kier molecular flexibility index (Phi) is 3.92. The second-order valence-electron chi connectivity index (χ2n) is 3.13. The molecule has 1 rings (SSSR count). The first kappa shape index (κ1) is 10.2. The maximum Gasteiger partial charge on any atom is 0.122 e. The van der Waals surface area contributed by atoms with Crippen LogP contribution in [0.2, 0.25) is 0 Å². The van der Waals surface area contributed by atoms with Gasteiger partial charge in [0.25, 0.3) is 0 Å². The number of hydrogen-bond acceptors (Lipinski definition) is 3. The van der Waals surface area contributed by atoms with Gasteiger partial charge in [-0.25, -0.2) is 4.98 Å². The lowest BCUT2D eigenvalue weighted by molar-refractivity contribution is 0.117. The Morgan fingerprint density at radius 3 is 3.00 bits per heavy atom. The molecule has 1 aromatic rings. The van der Waals surface area contributed by atoms with Crippen molar-refractivity contribution >= 4 is 0 Å². The molecule has 0 radical (unpaired) electrons. The predicted molar refractivity (Wildman–Crippen MR) is 51.4 cm³/mol. The van der Waals surface area contributed by atoms with E-state index in [1.165, 1.54) is 0 Å². The summed E-state index contributed by atoms with van der Waals surface area (Å²) in [6.45, 7) is 3.67. The largest absolute Gasteiger partial charge is 0.380 e. The molecule has 0 aliphatic heterocycles. The van der Waals surface area contributed by atoms with E-state index in [1.54, 1.807) is 13.3 Å². The quantitative estimate of drug-likeness (QED) is 0.724. The third kappa shape index (κ3) is 3.16. The number of imidazole rings is 1. The summed E-state index contributed by atoms with van der Waals surface area (Å²) >= 11 is 0. The highest BCUT2D eigenvalue weighted by atomic mass is 16.5. The number of rotatable bonds is 5. The molecule has 13 heavy (non-hydrogen) atoms. The van der Waals surface area contributed by atoms with Gasteiger partial charge in [0.1, 0.15) is 5.82 Å². The topological polar surface area (TPSA) is 39.1 Å². The molecule has 0 aliphatic rings. The van der Waals surface area contributed by atoms with Crippen molar-refractivity contribution in [2.24, 2.45) is 7.05 Å². The molecule has 0 saturated heterocycles. The minimum Gasteiger partial charge on any atom is -0.380 e. The Balaban J connectivity index is 2.24. The van der Waals surface area contributed by atoms with Crippen LogP contribution in [0.25, 0.3) is 0 Å². The zero-order valence-corrected chi connectivity index (χ0v) is 8.45. The summed E-state index contributed by atoms with van der Waals surface area (Å²) in [5.41, 5.74) is 0. The number of methoxy groups -OCH3 is 1. The van der Waals surface area contributed by atoms with E-state index in [-0.39, 0.29) is 6.10 Å². The zero-order chi connectivity index (χ0) is 9.68. The Hall–Kier alpha value is -0.870. The highest BCUT2D eigenvalue weighted by molar-refractivity contribution is 4.90. The number of ether oxygens (including phenoxy) is 1. The average Bonchev–Trinajstić information content (AvgIpc) is 2.52. The number of aromatic nitrogens is 2. The molecule has 1 atom stereocenters. The lowest BCUT2D eigenvalue weighted by Gasteiger charge is -2.10. The molecule has 0 bridgehead atoms. The molecule has 1 unspecified atom stereocenters. The van der Waals surface area contributed by atoms with Crippen LogP contribution in [-0.4, -0.2) is 29.3 Å². The van der Waals surface area contributed by atoms with E-state index in [0.717, 1.165) is 18.9 Å². The summed E-state index contributed by atoms with van der Waals surface area (Å²) in [7, 11) is 3.71. The standard InChI is InChI=1S/C9H17N3O/c1-8(13-3)6-10-7-9-11-4-5-12(9)2/h4-5,8,10H,6-7H2,1-3H3. The van der Waals surface area contributed by atoms with Gasteiger partial charge < -0.3 is 14.6 Å². The molecular weight excluding hydrogens is 166 g/mol. The minimum atomic E-state index is 0.250. The molecule has 1 heterocycles.